The summed E-state index contributed by atoms with van der Waals surface area (Å²) in [5, 5.41) is 23.1. The van der Waals surface area contributed by atoms with Crippen LogP contribution in [0.4, 0.5) is 0 Å². The zero-order chi connectivity index (χ0) is 19.6. The molecule has 1 saturated heterocycles. The Labute approximate surface area is 158 Å². The Kier molecular flexibility index (Phi) is 5.76. The Balaban J connectivity index is 1.67. The van der Waals surface area contributed by atoms with E-state index in [0.717, 1.165) is 10.8 Å². The minimum absolute atomic E-state index is 0.0622. The van der Waals surface area contributed by atoms with Gasteiger partial charge >= 0.3 is 5.69 Å². The first-order valence-corrected chi connectivity index (χ1v) is 8.57. The van der Waals surface area contributed by atoms with E-state index in [1.165, 1.54) is 0 Å². The number of aromatic nitrogens is 2. The molecule has 0 aliphatic carbocycles. The first-order chi connectivity index (χ1) is 12.9. The number of benzene rings is 1. The van der Waals surface area contributed by atoms with E-state index < -0.39 is 41.5 Å². The van der Waals surface area contributed by atoms with Crippen molar-refractivity contribution in [2.45, 2.75) is 30.9 Å². The van der Waals surface area contributed by atoms with Crippen LogP contribution < -0.4 is 16.6 Å². The molecule has 1 fully saturated rings. The number of hydrogen-bond acceptors (Lipinski definition) is 6. The van der Waals surface area contributed by atoms with Gasteiger partial charge in [-0.25, -0.2) is 4.79 Å². The maximum absolute atomic E-state index is 12.2. The summed E-state index contributed by atoms with van der Waals surface area (Å²) in [6.45, 7) is -0.194. The molecule has 27 heavy (non-hydrogen) atoms. The lowest BCUT2D eigenvalue weighted by atomic mass is 9.97. The number of carbonyl (C=O) groups is 1. The van der Waals surface area contributed by atoms with Gasteiger partial charge in [0, 0.05) is 11.8 Å². The number of hydrogen-bond donors (Lipinski definition) is 4. The van der Waals surface area contributed by atoms with Crippen LogP contribution in [0.5, 0.6) is 0 Å². The molecular weight excluding hydrogens is 378 g/mol. The molecule has 1 amide bonds. The second-order valence-corrected chi connectivity index (χ2v) is 6.59. The molecule has 2 aromatic rings. The molecule has 0 saturated carbocycles. The van der Waals surface area contributed by atoms with Crippen LogP contribution in [0.1, 0.15) is 10.4 Å². The average molecular weight is 396 g/mol. The maximum atomic E-state index is 12.2. The second kappa shape index (κ2) is 8.05. The van der Waals surface area contributed by atoms with Gasteiger partial charge in [0.2, 0.25) is 0 Å². The number of amides is 1. The third kappa shape index (κ3) is 4.28. The number of halogens is 1. The van der Waals surface area contributed by atoms with Gasteiger partial charge < -0.3 is 20.3 Å². The summed E-state index contributed by atoms with van der Waals surface area (Å²) >= 11 is 5.70. The molecule has 1 aromatic carbocycles. The van der Waals surface area contributed by atoms with Gasteiger partial charge in [-0.1, -0.05) is 29.8 Å². The minimum Gasteiger partial charge on any atom is -0.388 e. The molecule has 0 radical (unpaired) electrons. The van der Waals surface area contributed by atoms with Crippen LogP contribution >= 0.6 is 11.6 Å². The Hall–Kier alpha value is -2.46. The van der Waals surface area contributed by atoms with E-state index in [1.807, 2.05) is 4.98 Å². The quantitative estimate of drug-likeness (QED) is 0.530. The Morgan fingerprint density at radius 2 is 1.96 bits per heavy atom. The molecule has 3 rings (SSSR count). The number of rotatable bonds is 4. The molecule has 1 aliphatic rings. The summed E-state index contributed by atoms with van der Waals surface area (Å²) in [5.41, 5.74) is -1.02. The van der Waals surface area contributed by atoms with Crippen LogP contribution in [0.2, 0.25) is 5.02 Å². The number of aliphatic hydroxyl groups is 2. The molecule has 4 N–H and O–H groups in total. The zero-order valence-electron chi connectivity index (χ0n) is 14.0. The number of nitrogens with one attached hydrogen (secondary N) is 2. The lowest BCUT2D eigenvalue weighted by Crippen LogP contribution is -2.60. The van der Waals surface area contributed by atoms with Crippen molar-refractivity contribution in [2.75, 3.05) is 6.61 Å². The first-order valence-electron chi connectivity index (χ1n) is 8.19. The molecular formula is C17H18ClN3O6. The first kappa shape index (κ1) is 19.3. The van der Waals surface area contributed by atoms with Gasteiger partial charge in [-0.2, -0.15) is 0 Å². The topological polar surface area (TPSA) is 134 Å². The van der Waals surface area contributed by atoms with E-state index in [9.17, 15) is 24.6 Å². The molecule has 10 heteroatoms. The van der Waals surface area contributed by atoms with E-state index in [2.05, 4.69) is 5.32 Å². The monoisotopic (exact) mass is 395 g/mol. The summed E-state index contributed by atoms with van der Waals surface area (Å²) < 4.78 is 6.60. The Morgan fingerprint density at radius 1 is 1.26 bits per heavy atom. The number of ether oxygens (including phenoxy) is 1. The standard InChI is InChI=1S/C17H18ClN3O6/c18-10-6-21(17(26)20-16(10)25)7-12-14(23)13(22)11(8-27-12)19-15(24)9-4-2-1-3-5-9/h1-6,11-14,22-23H,7-8H2,(H,19,24)(H,20,25,26)/t11-,12-,13+,14-/m1/s1. The molecule has 0 bridgehead atoms. The summed E-state index contributed by atoms with van der Waals surface area (Å²) in [4.78, 5) is 37.4. The van der Waals surface area contributed by atoms with Crippen molar-refractivity contribution in [1.29, 1.82) is 0 Å². The number of aromatic amines is 1. The molecule has 0 unspecified atom stereocenters. The fraction of sp³-hybridized carbons (Fsp3) is 0.353. The predicted octanol–water partition coefficient (Wildman–Crippen LogP) is -0.891. The van der Waals surface area contributed by atoms with Gasteiger partial charge in [0.15, 0.2) is 0 Å². The van der Waals surface area contributed by atoms with Crippen molar-refractivity contribution < 1.29 is 19.7 Å². The van der Waals surface area contributed by atoms with Gasteiger partial charge in [-0.05, 0) is 12.1 Å². The van der Waals surface area contributed by atoms with E-state index in [0.29, 0.717) is 5.56 Å². The summed E-state index contributed by atoms with van der Waals surface area (Å²) in [5.74, 6) is -0.405. The van der Waals surface area contributed by atoms with Crippen molar-refractivity contribution in [1.82, 2.24) is 14.9 Å². The summed E-state index contributed by atoms with van der Waals surface area (Å²) in [6, 6.07) is 7.61. The summed E-state index contributed by atoms with van der Waals surface area (Å²) in [7, 11) is 0. The lowest BCUT2D eigenvalue weighted by molar-refractivity contribution is -0.152. The van der Waals surface area contributed by atoms with Crippen molar-refractivity contribution in [3.8, 4) is 0 Å². The molecule has 0 spiro atoms. The van der Waals surface area contributed by atoms with Crippen LogP contribution in [-0.4, -0.2) is 56.6 Å². The molecule has 9 nitrogen and oxygen atoms in total. The van der Waals surface area contributed by atoms with Crippen LogP contribution in [0.3, 0.4) is 0 Å². The van der Waals surface area contributed by atoms with Crippen molar-refractivity contribution in [3.05, 3.63) is 68.0 Å². The number of H-pyrrole nitrogens is 1. The van der Waals surface area contributed by atoms with Gasteiger partial charge in [0.1, 0.15) is 23.3 Å². The van der Waals surface area contributed by atoms with Crippen LogP contribution in [0.25, 0.3) is 0 Å². The number of carbonyl (C=O) groups excluding carboxylic acids is 1. The van der Waals surface area contributed by atoms with Crippen LogP contribution in [-0.2, 0) is 11.3 Å². The average Bonchev–Trinajstić information content (AvgIpc) is 2.66. The number of nitrogens with zero attached hydrogens (tertiary/aromatic N) is 1. The highest BCUT2D eigenvalue weighted by atomic mass is 35.5. The highest BCUT2D eigenvalue weighted by Gasteiger charge is 2.39. The molecule has 144 valence electrons. The van der Waals surface area contributed by atoms with Crippen molar-refractivity contribution >= 4 is 17.5 Å². The SMILES string of the molecule is O=C(N[C@@H]1CO[C@H](Cn2cc(Cl)c(=O)[nH]c2=O)[C@@H](O)[C@H]1O)c1ccccc1. The number of aliphatic hydroxyl groups excluding tert-OH is 2. The maximum Gasteiger partial charge on any atom is 0.328 e. The third-order valence-corrected chi connectivity index (χ3v) is 4.60. The van der Waals surface area contributed by atoms with E-state index >= 15 is 0 Å². The van der Waals surface area contributed by atoms with Crippen molar-refractivity contribution in [2.24, 2.45) is 0 Å². The van der Waals surface area contributed by atoms with Gasteiger partial charge in [0.05, 0.1) is 19.2 Å². The lowest BCUT2D eigenvalue weighted by Gasteiger charge is -2.38. The molecule has 1 aromatic heterocycles. The van der Waals surface area contributed by atoms with Crippen LogP contribution in [0, 0.1) is 0 Å². The van der Waals surface area contributed by atoms with Gasteiger partial charge in [-0.15, -0.1) is 0 Å². The van der Waals surface area contributed by atoms with Gasteiger partial charge in [-0.3, -0.25) is 19.1 Å². The van der Waals surface area contributed by atoms with Crippen molar-refractivity contribution in [3.63, 3.8) is 0 Å². The molecule has 1 aliphatic heterocycles. The third-order valence-electron chi connectivity index (χ3n) is 4.33. The fourth-order valence-electron chi connectivity index (χ4n) is 2.82. The van der Waals surface area contributed by atoms with E-state index in [-0.39, 0.29) is 18.2 Å². The van der Waals surface area contributed by atoms with E-state index in [1.54, 1.807) is 30.3 Å². The molecule has 2 heterocycles. The second-order valence-electron chi connectivity index (χ2n) is 6.19. The highest BCUT2D eigenvalue weighted by molar-refractivity contribution is 6.30. The Morgan fingerprint density at radius 3 is 2.67 bits per heavy atom. The Bertz CT molecular complexity index is 928. The fourth-order valence-corrected chi connectivity index (χ4v) is 2.99. The normalized spacial score (nSPS) is 25.1. The zero-order valence-corrected chi connectivity index (χ0v) is 14.8. The smallest absolute Gasteiger partial charge is 0.328 e. The highest BCUT2D eigenvalue weighted by Crippen LogP contribution is 2.17. The van der Waals surface area contributed by atoms with Gasteiger partial charge in [0.25, 0.3) is 11.5 Å². The largest absolute Gasteiger partial charge is 0.388 e. The predicted molar refractivity (Wildman–Crippen MR) is 95.8 cm³/mol. The van der Waals surface area contributed by atoms with Crippen LogP contribution in [0.15, 0.2) is 46.1 Å². The molecule has 4 atom stereocenters. The van der Waals surface area contributed by atoms with E-state index in [4.69, 9.17) is 16.3 Å². The summed E-state index contributed by atoms with van der Waals surface area (Å²) in [6.07, 6.45) is -2.46. The minimum atomic E-state index is -1.36.